The second kappa shape index (κ2) is 5.23. The van der Waals surface area contributed by atoms with Crippen molar-refractivity contribution in [2.24, 2.45) is 11.8 Å². The van der Waals surface area contributed by atoms with Crippen LogP contribution in [0.4, 0.5) is 0 Å². The van der Waals surface area contributed by atoms with Crippen LogP contribution < -0.4 is 5.32 Å². The van der Waals surface area contributed by atoms with Gasteiger partial charge in [-0.1, -0.05) is 19.8 Å². The van der Waals surface area contributed by atoms with Crippen LogP contribution in [0, 0.1) is 11.8 Å². The highest BCUT2D eigenvalue weighted by atomic mass is 16.2. The van der Waals surface area contributed by atoms with Gasteiger partial charge in [-0.25, -0.2) is 0 Å². The van der Waals surface area contributed by atoms with E-state index in [-0.39, 0.29) is 23.9 Å². The Morgan fingerprint density at radius 1 is 1.21 bits per heavy atom. The van der Waals surface area contributed by atoms with E-state index in [2.05, 4.69) is 12.2 Å². The summed E-state index contributed by atoms with van der Waals surface area (Å²) in [5.41, 5.74) is 0. The van der Waals surface area contributed by atoms with Crippen molar-refractivity contribution in [2.45, 2.75) is 64.0 Å². The van der Waals surface area contributed by atoms with Gasteiger partial charge in [-0.2, -0.15) is 0 Å². The minimum atomic E-state index is -0.245. The number of nitrogens with zero attached hydrogens (tertiary/aromatic N) is 1. The Balaban J connectivity index is 1.50. The first-order valence-electron chi connectivity index (χ1n) is 7.74. The largest absolute Gasteiger partial charge is 0.305 e. The molecule has 1 heterocycles. The molecule has 19 heavy (non-hydrogen) atoms. The molecule has 2 saturated carbocycles. The molecule has 0 radical (unpaired) electrons. The van der Waals surface area contributed by atoms with E-state index in [0.717, 1.165) is 25.3 Å². The standard InChI is InChI=1S/C15H24N2O2/c1-10-3-2-4-11(7-10)9-16-13-8-14(18)17(15(13)19)12-5-6-12/h10-13,16H,2-9H2,1H3. The molecule has 0 bridgehead atoms. The minimum absolute atomic E-state index is 0.0244. The number of imide groups is 1. The van der Waals surface area contributed by atoms with E-state index >= 15 is 0 Å². The molecule has 0 aromatic rings. The monoisotopic (exact) mass is 264 g/mol. The smallest absolute Gasteiger partial charge is 0.247 e. The van der Waals surface area contributed by atoms with Crippen LogP contribution in [-0.4, -0.2) is 35.3 Å². The summed E-state index contributed by atoms with van der Waals surface area (Å²) in [6.45, 7) is 3.21. The molecule has 0 aromatic heterocycles. The summed E-state index contributed by atoms with van der Waals surface area (Å²) in [6.07, 6.45) is 7.55. The van der Waals surface area contributed by atoms with Gasteiger partial charge in [0.05, 0.1) is 12.5 Å². The predicted octanol–water partition coefficient (Wildman–Crippen LogP) is 1.69. The van der Waals surface area contributed by atoms with Crippen molar-refractivity contribution < 1.29 is 9.59 Å². The highest BCUT2D eigenvalue weighted by molar-refractivity contribution is 6.06. The van der Waals surface area contributed by atoms with Crippen molar-refractivity contribution in [3.8, 4) is 0 Å². The minimum Gasteiger partial charge on any atom is -0.305 e. The number of nitrogens with one attached hydrogen (secondary N) is 1. The summed E-state index contributed by atoms with van der Waals surface area (Å²) in [7, 11) is 0. The number of hydrogen-bond donors (Lipinski definition) is 1. The molecular formula is C15H24N2O2. The number of carbonyl (C=O) groups excluding carboxylic acids is 2. The van der Waals surface area contributed by atoms with Crippen LogP contribution in [0.2, 0.25) is 0 Å². The molecule has 0 aromatic carbocycles. The second-order valence-electron chi connectivity index (χ2n) is 6.64. The Morgan fingerprint density at radius 2 is 2.00 bits per heavy atom. The van der Waals surface area contributed by atoms with Gasteiger partial charge in [0.25, 0.3) is 0 Å². The van der Waals surface area contributed by atoms with Crippen molar-refractivity contribution in [1.29, 1.82) is 0 Å². The fraction of sp³-hybridized carbons (Fsp3) is 0.867. The highest BCUT2D eigenvalue weighted by Gasteiger charge is 2.45. The van der Waals surface area contributed by atoms with Crippen LogP contribution >= 0.6 is 0 Å². The highest BCUT2D eigenvalue weighted by Crippen LogP contribution is 2.32. The lowest BCUT2D eigenvalue weighted by atomic mass is 9.82. The van der Waals surface area contributed by atoms with Crippen molar-refractivity contribution in [3.63, 3.8) is 0 Å². The Hall–Kier alpha value is -0.900. The number of rotatable bonds is 4. The summed E-state index contributed by atoms with van der Waals surface area (Å²) in [4.78, 5) is 25.5. The lowest BCUT2D eigenvalue weighted by Gasteiger charge is -2.27. The summed E-state index contributed by atoms with van der Waals surface area (Å²) in [6, 6.07) is -0.0214. The molecule has 3 atom stereocenters. The molecule has 2 aliphatic carbocycles. The van der Waals surface area contributed by atoms with E-state index in [1.165, 1.54) is 30.6 Å². The molecule has 3 fully saturated rings. The van der Waals surface area contributed by atoms with E-state index in [0.29, 0.717) is 12.3 Å². The van der Waals surface area contributed by atoms with Crippen LogP contribution in [0.15, 0.2) is 0 Å². The normalized spacial score (nSPS) is 36.1. The molecule has 3 rings (SSSR count). The maximum atomic E-state index is 12.2. The quantitative estimate of drug-likeness (QED) is 0.786. The van der Waals surface area contributed by atoms with Gasteiger partial charge < -0.3 is 5.32 Å². The fourth-order valence-electron chi connectivity index (χ4n) is 3.58. The van der Waals surface area contributed by atoms with Crippen LogP contribution in [0.5, 0.6) is 0 Å². The van der Waals surface area contributed by atoms with Gasteiger partial charge in [0.1, 0.15) is 0 Å². The van der Waals surface area contributed by atoms with Gasteiger partial charge >= 0.3 is 0 Å². The van der Waals surface area contributed by atoms with Gasteiger partial charge in [-0.3, -0.25) is 14.5 Å². The Kier molecular flexibility index (Phi) is 3.61. The Morgan fingerprint density at radius 3 is 2.68 bits per heavy atom. The molecule has 1 N–H and O–H groups in total. The van der Waals surface area contributed by atoms with Gasteiger partial charge in [-0.15, -0.1) is 0 Å². The van der Waals surface area contributed by atoms with Crippen LogP contribution in [-0.2, 0) is 9.59 Å². The zero-order valence-electron chi connectivity index (χ0n) is 11.7. The van der Waals surface area contributed by atoms with E-state index in [4.69, 9.17) is 0 Å². The lowest BCUT2D eigenvalue weighted by molar-refractivity contribution is -0.139. The van der Waals surface area contributed by atoms with Crippen molar-refractivity contribution in [3.05, 3.63) is 0 Å². The Bertz CT molecular complexity index is 378. The molecule has 0 spiro atoms. The third-order valence-corrected chi connectivity index (χ3v) is 4.79. The fourth-order valence-corrected chi connectivity index (χ4v) is 3.58. The van der Waals surface area contributed by atoms with Crippen molar-refractivity contribution >= 4 is 11.8 Å². The SMILES string of the molecule is CC1CCCC(CNC2CC(=O)N(C3CC3)C2=O)C1. The molecule has 4 nitrogen and oxygen atoms in total. The second-order valence-corrected chi connectivity index (χ2v) is 6.64. The summed E-state index contributed by atoms with van der Waals surface area (Å²) >= 11 is 0. The van der Waals surface area contributed by atoms with E-state index in [9.17, 15) is 9.59 Å². The number of amides is 2. The molecule has 4 heteroatoms. The van der Waals surface area contributed by atoms with E-state index in [1.54, 1.807) is 0 Å². The maximum Gasteiger partial charge on any atom is 0.247 e. The number of likely N-dealkylation sites (tertiary alicyclic amines) is 1. The first-order valence-corrected chi connectivity index (χ1v) is 7.74. The molecular weight excluding hydrogens is 240 g/mol. The third kappa shape index (κ3) is 2.83. The predicted molar refractivity (Wildman–Crippen MR) is 72.4 cm³/mol. The molecule has 2 amide bonds. The van der Waals surface area contributed by atoms with Gasteiger partial charge in [0.2, 0.25) is 11.8 Å². The number of hydrogen-bond acceptors (Lipinski definition) is 3. The van der Waals surface area contributed by atoms with Crippen molar-refractivity contribution in [2.75, 3.05) is 6.54 Å². The first-order chi connectivity index (χ1) is 9.15. The third-order valence-electron chi connectivity index (χ3n) is 4.79. The van der Waals surface area contributed by atoms with E-state index in [1.807, 2.05) is 0 Å². The average molecular weight is 264 g/mol. The lowest BCUT2D eigenvalue weighted by Crippen LogP contribution is -2.41. The maximum absolute atomic E-state index is 12.2. The zero-order valence-corrected chi connectivity index (χ0v) is 11.7. The van der Waals surface area contributed by atoms with Crippen molar-refractivity contribution in [1.82, 2.24) is 10.2 Å². The topological polar surface area (TPSA) is 49.4 Å². The average Bonchev–Trinajstić information content (AvgIpc) is 3.15. The summed E-state index contributed by atoms with van der Waals surface area (Å²) in [5, 5.41) is 3.35. The van der Waals surface area contributed by atoms with Gasteiger partial charge in [0.15, 0.2) is 0 Å². The van der Waals surface area contributed by atoms with Gasteiger partial charge in [-0.05, 0) is 44.1 Å². The van der Waals surface area contributed by atoms with Crippen LogP contribution in [0.3, 0.4) is 0 Å². The van der Waals surface area contributed by atoms with Crippen LogP contribution in [0.25, 0.3) is 0 Å². The molecule has 1 aliphatic heterocycles. The summed E-state index contributed by atoms with van der Waals surface area (Å²) < 4.78 is 0. The van der Waals surface area contributed by atoms with Gasteiger partial charge in [0, 0.05) is 6.04 Å². The molecule has 1 saturated heterocycles. The van der Waals surface area contributed by atoms with Crippen LogP contribution in [0.1, 0.15) is 51.9 Å². The van der Waals surface area contributed by atoms with E-state index < -0.39 is 0 Å². The Labute approximate surface area is 114 Å². The summed E-state index contributed by atoms with van der Waals surface area (Å²) in [5.74, 6) is 1.55. The molecule has 106 valence electrons. The number of carbonyl (C=O) groups is 2. The zero-order chi connectivity index (χ0) is 13.4. The molecule has 3 aliphatic rings. The molecule has 3 unspecified atom stereocenters. The first kappa shape index (κ1) is 13.1.